The van der Waals surface area contributed by atoms with Crippen LogP contribution in [0.5, 0.6) is 0 Å². The summed E-state index contributed by atoms with van der Waals surface area (Å²) in [5.74, 6) is 0.673. The van der Waals surface area contributed by atoms with E-state index in [9.17, 15) is 0 Å². The number of aryl methyl sites for hydroxylation is 1. The van der Waals surface area contributed by atoms with Gasteiger partial charge in [-0.1, -0.05) is 29.8 Å². The van der Waals surface area contributed by atoms with Gasteiger partial charge in [-0.25, -0.2) is 0 Å². The van der Waals surface area contributed by atoms with Gasteiger partial charge in [-0.2, -0.15) is 4.80 Å². The van der Waals surface area contributed by atoms with Crippen LogP contribution in [-0.4, -0.2) is 20.2 Å². The molecule has 6 heteroatoms. The second kappa shape index (κ2) is 5.25. The number of nitrogens with one attached hydrogen (secondary N) is 1. The Labute approximate surface area is 105 Å². The molecule has 0 fully saturated rings. The van der Waals surface area contributed by atoms with E-state index in [4.69, 9.17) is 11.6 Å². The average Bonchev–Trinajstić information content (AvgIpc) is 2.73. The van der Waals surface area contributed by atoms with E-state index in [0.29, 0.717) is 12.4 Å². The minimum atomic E-state index is 0.146. The molecule has 0 spiro atoms. The first-order valence-corrected chi connectivity index (χ1v) is 5.75. The first kappa shape index (κ1) is 12.0. The number of halogens is 1. The third kappa shape index (κ3) is 3.01. The molecule has 0 aliphatic rings. The maximum Gasteiger partial charge on any atom is 0.188 e. The molecule has 0 radical (unpaired) electrons. The van der Waals surface area contributed by atoms with Gasteiger partial charge in [0, 0.05) is 11.1 Å². The average molecular weight is 252 g/mol. The van der Waals surface area contributed by atoms with Crippen LogP contribution in [0, 0.1) is 0 Å². The molecule has 0 unspecified atom stereocenters. The molecule has 90 valence electrons. The van der Waals surface area contributed by atoms with Gasteiger partial charge in [-0.3, -0.25) is 0 Å². The normalized spacial score (nSPS) is 12.6. The van der Waals surface area contributed by atoms with Crippen molar-refractivity contribution in [2.24, 2.45) is 7.05 Å². The first-order chi connectivity index (χ1) is 8.16. The summed E-state index contributed by atoms with van der Waals surface area (Å²) in [5.41, 5.74) is 1.07. The largest absolute Gasteiger partial charge is 0.303 e. The standard InChI is InChI=1S/C11H14ClN5/c1-8(9-5-3-4-6-10(9)12)13-7-11-14-16-17(2)15-11/h3-6,8,13H,7H2,1-2H3/t8-/m0/s1. The molecule has 0 amide bonds. The van der Waals surface area contributed by atoms with E-state index in [0.717, 1.165) is 10.6 Å². The fraction of sp³-hybridized carbons (Fsp3) is 0.364. The van der Waals surface area contributed by atoms with Gasteiger partial charge in [0.15, 0.2) is 5.82 Å². The maximum atomic E-state index is 6.12. The van der Waals surface area contributed by atoms with Crippen LogP contribution in [0.15, 0.2) is 24.3 Å². The number of rotatable bonds is 4. The Morgan fingerprint density at radius 1 is 1.41 bits per heavy atom. The van der Waals surface area contributed by atoms with Crippen molar-refractivity contribution in [1.29, 1.82) is 0 Å². The second-order valence-electron chi connectivity index (χ2n) is 3.82. The number of aromatic nitrogens is 4. The molecule has 1 heterocycles. The smallest absolute Gasteiger partial charge is 0.188 e. The van der Waals surface area contributed by atoms with Gasteiger partial charge in [0.1, 0.15) is 0 Å². The Morgan fingerprint density at radius 2 is 2.18 bits per heavy atom. The van der Waals surface area contributed by atoms with Crippen LogP contribution in [0.2, 0.25) is 5.02 Å². The predicted octanol–water partition coefficient (Wildman–Crippen LogP) is 1.71. The van der Waals surface area contributed by atoms with Crippen molar-refractivity contribution in [3.63, 3.8) is 0 Å². The summed E-state index contributed by atoms with van der Waals surface area (Å²) in [7, 11) is 1.74. The van der Waals surface area contributed by atoms with Gasteiger partial charge in [0.2, 0.25) is 0 Å². The third-order valence-electron chi connectivity index (χ3n) is 2.49. The lowest BCUT2D eigenvalue weighted by Gasteiger charge is -2.14. The molecule has 0 aliphatic heterocycles. The molecule has 2 rings (SSSR count). The zero-order valence-corrected chi connectivity index (χ0v) is 10.5. The van der Waals surface area contributed by atoms with Crippen molar-refractivity contribution in [2.45, 2.75) is 19.5 Å². The van der Waals surface area contributed by atoms with Gasteiger partial charge in [-0.15, -0.1) is 10.2 Å². The number of hydrogen-bond acceptors (Lipinski definition) is 4. The zero-order valence-electron chi connectivity index (χ0n) is 9.76. The van der Waals surface area contributed by atoms with Crippen molar-refractivity contribution in [1.82, 2.24) is 25.5 Å². The summed E-state index contributed by atoms with van der Waals surface area (Å²) in [5, 5.41) is 15.9. The molecular weight excluding hydrogens is 238 g/mol. The van der Waals surface area contributed by atoms with Crippen molar-refractivity contribution >= 4 is 11.6 Å². The fourth-order valence-electron chi connectivity index (χ4n) is 1.57. The van der Waals surface area contributed by atoms with E-state index in [-0.39, 0.29) is 6.04 Å². The van der Waals surface area contributed by atoms with E-state index < -0.39 is 0 Å². The molecular formula is C11H14ClN5. The van der Waals surface area contributed by atoms with Gasteiger partial charge in [-0.05, 0) is 23.8 Å². The molecule has 2 aromatic rings. The topological polar surface area (TPSA) is 55.6 Å². The summed E-state index contributed by atoms with van der Waals surface area (Å²) in [6, 6.07) is 7.93. The summed E-state index contributed by atoms with van der Waals surface area (Å²) in [4.78, 5) is 1.44. The number of nitrogens with zero attached hydrogens (tertiary/aromatic N) is 4. The van der Waals surface area contributed by atoms with Crippen LogP contribution in [0.25, 0.3) is 0 Å². The van der Waals surface area contributed by atoms with Crippen molar-refractivity contribution in [3.8, 4) is 0 Å². The highest BCUT2D eigenvalue weighted by atomic mass is 35.5. The summed E-state index contributed by atoms with van der Waals surface area (Å²) < 4.78 is 0. The van der Waals surface area contributed by atoms with E-state index in [1.165, 1.54) is 4.80 Å². The van der Waals surface area contributed by atoms with Crippen LogP contribution in [0.4, 0.5) is 0 Å². The molecule has 1 N–H and O–H groups in total. The SMILES string of the molecule is C[C@H](NCc1nnn(C)n1)c1ccccc1Cl. The Bertz CT molecular complexity index is 496. The van der Waals surface area contributed by atoms with E-state index in [1.54, 1.807) is 7.05 Å². The molecule has 0 saturated carbocycles. The highest BCUT2D eigenvalue weighted by molar-refractivity contribution is 6.31. The summed E-state index contributed by atoms with van der Waals surface area (Å²) in [6.45, 7) is 2.62. The fourth-order valence-corrected chi connectivity index (χ4v) is 1.87. The molecule has 1 atom stereocenters. The number of hydrogen-bond donors (Lipinski definition) is 1. The zero-order chi connectivity index (χ0) is 12.3. The van der Waals surface area contributed by atoms with Crippen LogP contribution in [-0.2, 0) is 13.6 Å². The van der Waals surface area contributed by atoms with E-state index in [1.807, 2.05) is 24.3 Å². The van der Waals surface area contributed by atoms with Crippen LogP contribution in [0.1, 0.15) is 24.4 Å². The lowest BCUT2D eigenvalue weighted by Crippen LogP contribution is -2.19. The Hall–Kier alpha value is -1.46. The molecule has 17 heavy (non-hydrogen) atoms. The van der Waals surface area contributed by atoms with Gasteiger partial charge < -0.3 is 5.32 Å². The Balaban J connectivity index is 1.98. The molecule has 0 bridgehead atoms. The number of benzene rings is 1. The third-order valence-corrected chi connectivity index (χ3v) is 2.83. The molecule has 0 aliphatic carbocycles. The highest BCUT2D eigenvalue weighted by Gasteiger charge is 2.09. The maximum absolute atomic E-state index is 6.12. The minimum Gasteiger partial charge on any atom is -0.303 e. The van der Waals surface area contributed by atoms with Crippen LogP contribution >= 0.6 is 11.6 Å². The van der Waals surface area contributed by atoms with Crippen molar-refractivity contribution in [3.05, 3.63) is 40.7 Å². The van der Waals surface area contributed by atoms with Gasteiger partial charge in [0.25, 0.3) is 0 Å². The summed E-state index contributed by atoms with van der Waals surface area (Å²) >= 11 is 6.12. The Kier molecular flexibility index (Phi) is 3.71. The molecule has 1 aromatic carbocycles. The lowest BCUT2D eigenvalue weighted by molar-refractivity contribution is 0.556. The quantitative estimate of drug-likeness (QED) is 0.899. The predicted molar refractivity (Wildman–Crippen MR) is 65.5 cm³/mol. The number of tetrazole rings is 1. The van der Waals surface area contributed by atoms with Crippen molar-refractivity contribution < 1.29 is 0 Å². The van der Waals surface area contributed by atoms with Crippen LogP contribution in [0.3, 0.4) is 0 Å². The van der Waals surface area contributed by atoms with Gasteiger partial charge >= 0.3 is 0 Å². The summed E-state index contributed by atoms with van der Waals surface area (Å²) in [6.07, 6.45) is 0. The van der Waals surface area contributed by atoms with Gasteiger partial charge in [0.05, 0.1) is 13.6 Å². The second-order valence-corrected chi connectivity index (χ2v) is 4.23. The van der Waals surface area contributed by atoms with E-state index >= 15 is 0 Å². The minimum absolute atomic E-state index is 0.146. The van der Waals surface area contributed by atoms with E-state index in [2.05, 4.69) is 27.7 Å². The van der Waals surface area contributed by atoms with Crippen molar-refractivity contribution in [2.75, 3.05) is 0 Å². The lowest BCUT2D eigenvalue weighted by atomic mass is 10.1. The molecule has 0 saturated heterocycles. The Morgan fingerprint density at radius 3 is 2.82 bits per heavy atom. The molecule has 5 nitrogen and oxygen atoms in total. The van der Waals surface area contributed by atoms with Crippen LogP contribution < -0.4 is 5.32 Å². The highest BCUT2D eigenvalue weighted by Crippen LogP contribution is 2.22. The molecule has 1 aromatic heterocycles. The monoisotopic (exact) mass is 251 g/mol. The first-order valence-electron chi connectivity index (χ1n) is 5.37.